The van der Waals surface area contributed by atoms with E-state index in [4.69, 9.17) is 7.84 Å². The van der Waals surface area contributed by atoms with Gasteiger partial charge in [-0.2, -0.15) is 0 Å². The third kappa shape index (κ3) is 1.73. The van der Waals surface area contributed by atoms with Gasteiger partial charge in [0.25, 0.3) is 0 Å². The van der Waals surface area contributed by atoms with Crippen LogP contribution in [0.2, 0.25) is 4.47 Å². The third-order valence-corrected chi connectivity index (χ3v) is 13.3. The second kappa shape index (κ2) is 4.37. The molecule has 1 spiro atoms. The number of ether oxygens (including phenoxy) is 1. The van der Waals surface area contributed by atoms with Crippen LogP contribution in [0.4, 0.5) is 2.89 Å². The third-order valence-electron chi connectivity index (χ3n) is 6.48. The van der Waals surface area contributed by atoms with E-state index in [0.29, 0.717) is 4.47 Å². The topological polar surface area (TPSA) is 18.5 Å². The molecule has 1 saturated heterocycles. The van der Waals surface area contributed by atoms with Crippen molar-refractivity contribution in [2.24, 2.45) is 16.7 Å². The molecule has 4 rings (SSSR count). The number of fused-ring (bicyclic) bond motifs is 1. The van der Waals surface area contributed by atoms with Crippen molar-refractivity contribution in [1.29, 1.82) is 0 Å². The summed E-state index contributed by atoms with van der Waals surface area (Å²) in [6.07, 6.45) is 3.65. The van der Waals surface area contributed by atoms with Crippen molar-refractivity contribution in [3.05, 3.63) is 24.3 Å². The van der Waals surface area contributed by atoms with Gasteiger partial charge in [-0.15, -0.1) is 0 Å². The van der Waals surface area contributed by atoms with Crippen LogP contribution in [0.3, 0.4) is 0 Å². The van der Waals surface area contributed by atoms with E-state index in [0.717, 1.165) is 28.1 Å². The Labute approximate surface area is 131 Å². The van der Waals surface area contributed by atoms with Crippen LogP contribution >= 0.6 is 0 Å². The van der Waals surface area contributed by atoms with Gasteiger partial charge in [0.05, 0.1) is 0 Å². The predicted octanol–water partition coefficient (Wildman–Crippen LogP) is 3.54. The first-order valence-electron chi connectivity index (χ1n) is 7.74. The summed E-state index contributed by atoms with van der Waals surface area (Å²) in [5.41, 5.74) is 0.345. The van der Waals surface area contributed by atoms with E-state index in [1.807, 2.05) is 24.3 Å². The van der Waals surface area contributed by atoms with E-state index in [-0.39, 0.29) is 16.9 Å². The van der Waals surface area contributed by atoms with Crippen LogP contribution in [0.5, 0.6) is 5.75 Å². The van der Waals surface area contributed by atoms with E-state index in [2.05, 4.69) is 13.8 Å². The van der Waals surface area contributed by atoms with Gasteiger partial charge in [-0.05, 0) is 0 Å². The molecule has 4 atom stereocenters. The molecule has 2 nitrogen and oxygen atoms in total. The molecule has 3 fully saturated rings. The molecule has 2 aliphatic carbocycles. The summed E-state index contributed by atoms with van der Waals surface area (Å²) in [5.74, 6) is 1.51. The Hall–Kier alpha value is -0.300. The Morgan fingerprint density at radius 1 is 1.29 bits per heavy atom. The maximum absolute atomic E-state index is 15.7. The van der Waals surface area contributed by atoms with Crippen LogP contribution < -0.4 is 8.35 Å². The Morgan fingerprint density at radius 3 is 2.57 bits per heavy atom. The molecule has 1 aromatic rings. The van der Waals surface area contributed by atoms with E-state index in [1.165, 1.54) is 6.42 Å². The summed E-state index contributed by atoms with van der Waals surface area (Å²) in [4.78, 5) is 0. The maximum atomic E-state index is 15.7. The Balaban J connectivity index is 1.69. The first kappa shape index (κ1) is 14.3. The number of methoxy groups -OCH3 is 1. The van der Waals surface area contributed by atoms with Crippen molar-refractivity contribution in [3.63, 3.8) is 0 Å². The normalized spacial score (nSPS) is 46.1. The van der Waals surface area contributed by atoms with Gasteiger partial charge < -0.3 is 0 Å². The standard InChI is InChI=1S/C17H23FO2Te/c1-16(2)12-8-9-17(16)11-21(18,20-15(17)10-12)14-6-4-13(19-3)5-7-14/h4-7,12,15H,8-11H2,1-3H3/t12-,15-,17-/m1/s1. The Kier molecular flexibility index (Phi) is 2.98. The van der Waals surface area contributed by atoms with Gasteiger partial charge in [-0.1, -0.05) is 0 Å². The van der Waals surface area contributed by atoms with Crippen molar-refractivity contribution in [1.82, 2.24) is 0 Å². The van der Waals surface area contributed by atoms with E-state index < -0.39 is 19.2 Å². The van der Waals surface area contributed by atoms with Crippen LogP contribution in [0.1, 0.15) is 33.1 Å². The Bertz CT molecular complexity index is 573. The minimum atomic E-state index is -3.92. The minimum absolute atomic E-state index is 0.105. The molecule has 1 heterocycles. The van der Waals surface area contributed by atoms with Crippen molar-refractivity contribution < 1.29 is 10.7 Å². The number of halogens is 1. The van der Waals surface area contributed by atoms with E-state index in [9.17, 15) is 0 Å². The molecule has 0 amide bonds. The Morgan fingerprint density at radius 2 is 2.00 bits per heavy atom. The molecule has 116 valence electrons. The zero-order chi connectivity index (χ0) is 14.9. The number of hydrogen-bond donors (Lipinski definition) is 0. The molecule has 2 bridgehead atoms. The summed E-state index contributed by atoms with van der Waals surface area (Å²) in [6.45, 7) is 4.69. The summed E-state index contributed by atoms with van der Waals surface area (Å²) in [6, 6.07) is 7.49. The molecule has 0 aromatic heterocycles. The number of hydrogen-bond acceptors (Lipinski definition) is 2. The molecule has 0 radical (unpaired) electrons. The van der Waals surface area contributed by atoms with E-state index in [1.54, 1.807) is 7.11 Å². The fourth-order valence-corrected chi connectivity index (χ4v) is 13.2. The van der Waals surface area contributed by atoms with Gasteiger partial charge in [-0.25, -0.2) is 0 Å². The van der Waals surface area contributed by atoms with Crippen molar-refractivity contribution >= 4 is 22.8 Å². The monoisotopic (exact) mass is 408 g/mol. The van der Waals surface area contributed by atoms with Gasteiger partial charge in [-0.3, -0.25) is 0 Å². The predicted molar refractivity (Wildman–Crippen MR) is 82.7 cm³/mol. The van der Waals surface area contributed by atoms with Crippen LogP contribution in [-0.2, 0) is 3.10 Å². The molecule has 4 heteroatoms. The number of rotatable bonds is 2. The SMILES string of the molecule is COc1ccc([Te]2(F)C[C@]34CC[C@H](C[C@H]3O2)C4(C)C)cc1. The van der Waals surface area contributed by atoms with Crippen LogP contribution in [0.15, 0.2) is 24.3 Å². The first-order chi connectivity index (χ1) is 9.91. The molecule has 0 N–H and O–H groups in total. The van der Waals surface area contributed by atoms with Gasteiger partial charge in [0, 0.05) is 0 Å². The second-order valence-corrected chi connectivity index (χ2v) is 13.5. The van der Waals surface area contributed by atoms with Gasteiger partial charge in [0.2, 0.25) is 0 Å². The fraction of sp³-hybridized carbons (Fsp3) is 0.647. The molecule has 1 aromatic carbocycles. The zero-order valence-corrected chi connectivity index (χ0v) is 15.2. The van der Waals surface area contributed by atoms with Gasteiger partial charge in [0.1, 0.15) is 0 Å². The second-order valence-electron chi connectivity index (χ2n) is 7.35. The summed E-state index contributed by atoms with van der Waals surface area (Å²) in [7, 11) is 1.64. The molecule has 2 saturated carbocycles. The molecule has 1 unspecified atom stereocenters. The first-order valence-corrected chi connectivity index (χ1v) is 12.4. The van der Waals surface area contributed by atoms with E-state index >= 15 is 2.89 Å². The fourth-order valence-electron chi connectivity index (χ4n) is 4.94. The summed E-state index contributed by atoms with van der Waals surface area (Å²) >= 11 is -3.92. The number of benzene rings is 1. The quantitative estimate of drug-likeness (QED) is 0.701. The van der Waals surface area contributed by atoms with Crippen LogP contribution in [0.25, 0.3) is 0 Å². The van der Waals surface area contributed by atoms with Crippen LogP contribution in [-0.4, -0.2) is 32.4 Å². The zero-order valence-electron chi connectivity index (χ0n) is 12.9. The molecular formula is C17H23FO2Te. The molecule has 21 heavy (non-hydrogen) atoms. The van der Waals surface area contributed by atoms with Crippen molar-refractivity contribution in [2.45, 2.75) is 43.7 Å². The van der Waals surface area contributed by atoms with Crippen molar-refractivity contribution in [3.8, 4) is 5.75 Å². The van der Waals surface area contributed by atoms with Gasteiger partial charge >= 0.3 is 131 Å². The van der Waals surface area contributed by atoms with Crippen molar-refractivity contribution in [2.75, 3.05) is 7.11 Å². The molecular weight excluding hydrogens is 383 g/mol. The average molecular weight is 406 g/mol. The van der Waals surface area contributed by atoms with Gasteiger partial charge in [0.15, 0.2) is 0 Å². The summed E-state index contributed by atoms with van der Waals surface area (Å²) < 4.78 is 28.6. The molecule has 1 aliphatic heterocycles. The van der Waals surface area contributed by atoms with Crippen LogP contribution in [0, 0.1) is 16.7 Å². The molecule has 3 aliphatic rings. The average Bonchev–Trinajstić information content (AvgIpc) is 2.99. The summed E-state index contributed by atoms with van der Waals surface area (Å²) in [5, 5.41) is 0.